The van der Waals surface area contributed by atoms with Gasteiger partial charge in [0.2, 0.25) is 9.84 Å². The molecule has 0 spiro atoms. The molecule has 1 aromatic rings. The average molecular weight is 220 g/mol. The highest BCUT2D eigenvalue weighted by atomic mass is 28.2. The first-order valence-electron chi connectivity index (χ1n) is 5.18. The Morgan fingerprint density at radius 3 is 2.67 bits per heavy atom. The number of H-pyrrole nitrogens is 1. The van der Waals surface area contributed by atoms with Crippen molar-refractivity contribution >= 4 is 29.6 Å². The smallest absolute Gasteiger partial charge is 0.322 e. The van der Waals surface area contributed by atoms with E-state index < -0.39 is 0 Å². The summed E-state index contributed by atoms with van der Waals surface area (Å²) >= 11 is 0. The Bertz CT molecular complexity index is 321. The average Bonchev–Trinajstić information content (AvgIpc) is 2.73. The summed E-state index contributed by atoms with van der Waals surface area (Å²) in [6, 6.07) is 2.03. The van der Waals surface area contributed by atoms with Crippen LogP contribution in [0.15, 0.2) is 12.3 Å². The highest BCUT2D eigenvalue weighted by molar-refractivity contribution is 6.86. The molecule has 0 bridgehead atoms. The van der Waals surface area contributed by atoms with Crippen LogP contribution in [0.4, 0.5) is 5.82 Å². The van der Waals surface area contributed by atoms with Crippen LogP contribution < -0.4 is 4.48 Å². The molecule has 1 saturated heterocycles. The summed E-state index contributed by atoms with van der Waals surface area (Å²) < 4.78 is 7.13. The van der Waals surface area contributed by atoms with Crippen LogP contribution in [0.1, 0.15) is 0 Å². The molecular formula is C7H16B2N5Si. The van der Waals surface area contributed by atoms with E-state index in [1.165, 1.54) is 0 Å². The second-order valence-corrected chi connectivity index (χ2v) is 5.66. The lowest BCUT2D eigenvalue weighted by Crippen LogP contribution is -2.69. The second kappa shape index (κ2) is 4.03. The van der Waals surface area contributed by atoms with E-state index in [9.17, 15) is 0 Å². The molecule has 2 heterocycles. The third-order valence-electron chi connectivity index (χ3n) is 3.24. The zero-order chi connectivity index (χ0) is 11.0. The van der Waals surface area contributed by atoms with Gasteiger partial charge in [0.05, 0.1) is 6.20 Å². The molecule has 0 unspecified atom stereocenters. The molecular weight excluding hydrogens is 204 g/mol. The van der Waals surface area contributed by atoms with Crippen LogP contribution in [0, 0.1) is 0 Å². The monoisotopic (exact) mass is 220 g/mol. The maximum Gasteiger partial charge on any atom is 0.322 e. The van der Waals surface area contributed by atoms with Crippen LogP contribution in [-0.2, 0) is 0 Å². The molecule has 1 radical (unpaired) electrons. The van der Waals surface area contributed by atoms with Gasteiger partial charge >= 0.3 is 6.98 Å². The molecule has 1 aliphatic heterocycles. The van der Waals surface area contributed by atoms with Crippen LogP contribution >= 0.6 is 0 Å². The van der Waals surface area contributed by atoms with Crippen molar-refractivity contribution in [1.29, 1.82) is 0 Å². The Balaban J connectivity index is 2.20. The fourth-order valence-corrected chi connectivity index (χ4v) is 3.31. The van der Waals surface area contributed by atoms with Gasteiger partial charge in [-0.05, 0) is 20.2 Å². The van der Waals surface area contributed by atoms with Crippen molar-refractivity contribution in [3.63, 3.8) is 0 Å². The molecule has 8 heteroatoms. The lowest BCUT2D eigenvalue weighted by Gasteiger charge is -2.45. The van der Waals surface area contributed by atoms with Gasteiger partial charge in [0, 0.05) is 0 Å². The van der Waals surface area contributed by atoms with Crippen molar-refractivity contribution in [1.82, 2.24) is 19.4 Å². The summed E-state index contributed by atoms with van der Waals surface area (Å²) in [5.41, 5.74) is 0. The van der Waals surface area contributed by atoms with E-state index >= 15 is 0 Å². The minimum Gasteiger partial charge on any atom is -0.406 e. The zero-order valence-electron chi connectivity index (χ0n) is 9.68. The van der Waals surface area contributed by atoms with Crippen molar-refractivity contribution in [3.8, 4) is 0 Å². The van der Waals surface area contributed by atoms with Gasteiger partial charge in [0.1, 0.15) is 5.82 Å². The summed E-state index contributed by atoms with van der Waals surface area (Å²) in [5, 5.41) is 7.05. The Morgan fingerprint density at radius 1 is 1.33 bits per heavy atom. The fourth-order valence-electron chi connectivity index (χ4n) is 1.84. The van der Waals surface area contributed by atoms with Gasteiger partial charge < -0.3 is 13.7 Å². The lowest BCUT2D eigenvalue weighted by molar-refractivity contribution is 0.658. The molecule has 2 rings (SSSR count). The first-order valence-corrected chi connectivity index (χ1v) is 6.21. The zero-order valence-corrected chi connectivity index (χ0v) is 10.8. The molecule has 0 saturated carbocycles. The predicted molar refractivity (Wildman–Crippen MR) is 67.0 cm³/mol. The fraction of sp³-hybridized carbons (Fsp3) is 0.571. The maximum absolute atomic E-state index is 4.01. The highest BCUT2D eigenvalue weighted by Crippen LogP contribution is 2.17. The molecule has 79 valence electrons. The first-order chi connectivity index (χ1) is 7.11. The molecule has 1 aromatic heterocycles. The molecule has 1 aliphatic rings. The van der Waals surface area contributed by atoms with E-state index in [0.29, 0.717) is 14.0 Å². The van der Waals surface area contributed by atoms with Crippen molar-refractivity contribution < 1.29 is 0 Å². The second-order valence-electron chi connectivity index (χ2n) is 4.06. The summed E-state index contributed by atoms with van der Waals surface area (Å²) in [4.78, 5) is 0. The van der Waals surface area contributed by atoms with Gasteiger partial charge in [0.15, 0.2) is 0 Å². The Kier molecular flexibility index (Phi) is 2.90. The number of nitrogens with zero attached hydrogens (tertiary/aromatic N) is 4. The molecule has 0 atom stereocenters. The maximum atomic E-state index is 4.01. The van der Waals surface area contributed by atoms with Gasteiger partial charge in [-0.15, -0.1) is 0 Å². The van der Waals surface area contributed by atoms with E-state index in [1.54, 1.807) is 6.20 Å². The standard InChI is InChI=1S/C7H16B2N5Si/c1-8-12(3)9(2)14(15-13(8)4)7-5-6-10-11-7/h5-6,15H,1-4H3,(H,10,11). The normalized spacial score (nSPS) is 20.1. The summed E-state index contributed by atoms with van der Waals surface area (Å²) in [7, 11) is 4.47. The van der Waals surface area contributed by atoms with Crippen molar-refractivity contribution in [2.45, 2.75) is 13.6 Å². The van der Waals surface area contributed by atoms with E-state index in [4.69, 9.17) is 0 Å². The number of aromatic amines is 1. The Morgan fingerprint density at radius 2 is 2.07 bits per heavy atom. The number of aromatic nitrogens is 2. The third kappa shape index (κ3) is 1.84. The molecule has 1 N–H and O–H groups in total. The summed E-state index contributed by atoms with van der Waals surface area (Å²) in [6.45, 7) is 5.41. The Hall–Kier alpha value is -0.723. The van der Waals surface area contributed by atoms with Crippen molar-refractivity contribution in [2.75, 3.05) is 18.6 Å². The minimum absolute atomic E-state index is 0.133. The van der Waals surface area contributed by atoms with Crippen LogP contribution in [0.5, 0.6) is 0 Å². The molecule has 15 heavy (non-hydrogen) atoms. The predicted octanol–water partition coefficient (Wildman–Crippen LogP) is -0.404. The molecule has 1 fully saturated rings. The highest BCUT2D eigenvalue weighted by Gasteiger charge is 2.37. The van der Waals surface area contributed by atoms with Crippen LogP contribution in [0.2, 0.25) is 13.6 Å². The van der Waals surface area contributed by atoms with E-state index in [2.05, 4.69) is 51.6 Å². The van der Waals surface area contributed by atoms with Gasteiger partial charge in [-0.3, -0.25) is 5.10 Å². The number of nitrogens with one attached hydrogen (secondary N) is 1. The number of rotatable bonds is 1. The summed E-state index contributed by atoms with van der Waals surface area (Å²) in [5.74, 6) is 1.11. The molecule has 0 aliphatic carbocycles. The summed E-state index contributed by atoms with van der Waals surface area (Å²) in [6.07, 6.45) is 1.81. The topological polar surface area (TPSA) is 38.4 Å². The van der Waals surface area contributed by atoms with Gasteiger partial charge in [0.25, 0.3) is 6.98 Å². The molecule has 5 nitrogen and oxygen atoms in total. The van der Waals surface area contributed by atoms with Crippen LogP contribution in [-0.4, -0.2) is 57.3 Å². The minimum atomic E-state index is 0.133. The van der Waals surface area contributed by atoms with E-state index in [-0.39, 0.29) is 9.84 Å². The van der Waals surface area contributed by atoms with Crippen LogP contribution in [0.25, 0.3) is 0 Å². The van der Waals surface area contributed by atoms with E-state index in [0.717, 1.165) is 5.82 Å². The van der Waals surface area contributed by atoms with Gasteiger partial charge in [-0.1, -0.05) is 13.6 Å². The van der Waals surface area contributed by atoms with Crippen molar-refractivity contribution in [3.05, 3.63) is 12.3 Å². The van der Waals surface area contributed by atoms with Gasteiger partial charge in [-0.25, -0.2) is 0 Å². The largest absolute Gasteiger partial charge is 0.406 e. The third-order valence-corrected chi connectivity index (χ3v) is 5.00. The number of hydrogen-bond acceptors (Lipinski definition) is 4. The lowest BCUT2D eigenvalue weighted by atomic mass is 9.63. The SMILES string of the molecule is CB1N(C)[SiH]N(c2ccn[nH]2)B(C)N1C. The molecule has 0 aromatic carbocycles. The van der Waals surface area contributed by atoms with Crippen LogP contribution in [0.3, 0.4) is 0 Å². The van der Waals surface area contributed by atoms with Gasteiger partial charge in [-0.2, -0.15) is 5.10 Å². The number of hydrogen-bond donors (Lipinski definition) is 1. The molecule has 0 amide bonds. The quantitative estimate of drug-likeness (QED) is 0.653. The Labute approximate surface area is 94.0 Å². The number of anilines is 1. The van der Waals surface area contributed by atoms with E-state index in [1.807, 2.05) is 6.07 Å². The van der Waals surface area contributed by atoms with Crippen molar-refractivity contribution in [2.24, 2.45) is 0 Å². The first kappa shape index (κ1) is 10.8.